The Morgan fingerprint density at radius 2 is 2.17 bits per heavy atom. The molecule has 122 valence electrons. The van der Waals surface area contributed by atoms with Crippen LogP contribution in [-0.4, -0.2) is 57.7 Å². The molecule has 2 aromatic rings. The molecular formula is C15H19ClN6O. The maximum absolute atomic E-state index is 12.3. The Morgan fingerprint density at radius 1 is 1.39 bits per heavy atom. The highest BCUT2D eigenvalue weighted by molar-refractivity contribution is 6.30. The van der Waals surface area contributed by atoms with Gasteiger partial charge in [-0.1, -0.05) is 11.6 Å². The summed E-state index contributed by atoms with van der Waals surface area (Å²) in [5.41, 5.74) is 0.823. The lowest BCUT2D eigenvalue weighted by Gasteiger charge is -2.15. The Morgan fingerprint density at radius 3 is 2.91 bits per heavy atom. The van der Waals surface area contributed by atoms with Crippen molar-refractivity contribution in [2.75, 3.05) is 26.7 Å². The van der Waals surface area contributed by atoms with Crippen LogP contribution in [0.1, 0.15) is 6.42 Å². The first-order valence-corrected chi connectivity index (χ1v) is 7.99. The smallest absolute Gasteiger partial charge is 0.246 e. The third kappa shape index (κ3) is 3.86. The third-order valence-electron chi connectivity index (χ3n) is 3.96. The number of aromatic nitrogens is 4. The van der Waals surface area contributed by atoms with Crippen LogP contribution in [0.4, 0.5) is 0 Å². The number of halogens is 1. The van der Waals surface area contributed by atoms with Gasteiger partial charge in [0, 0.05) is 23.7 Å². The number of rotatable bonds is 5. The quantitative estimate of drug-likeness (QED) is 0.885. The van der Waals surface area contributed by atoms with Gasteiger partial charge in [0.05, 0.1) is 0 Å². The van der Waals surface area contributed by atoms with E-state index in [1.807, 2.05) is 24.1 Å². The standard InChI is InChI=1S/C15H19ClN6O/c1-17-8-11-6-7-21(9-11)14(23)10-22-19-15(18-20-22)12-2-4-13(16)5-3-12/h2-5,11,17H,6-10H2,1H3/t11-/m1/s1. The highest BCUT2D eigenvalue weighted by Gasteiger charge is 2.26. The molecular weight excluding hydrogens is 316 g/mol. The van der Waals surface area contributed by atoms with Gasteiger partial charge in [-0.2, -0.15) is 4.80 Å². The number of hydrogen-bond donors (Lipinski definition) is 1. The maximum Gasteiger partial charge on any atom is 0.246 e. The van der Waals surface area contributed by atoms with Gasteiger partial charge in [0.15, 0.2) is 0 Å². The van der Waals surface area contributed by atoms with E-state index in [0.717, 1.165) is 31.6 Å². The van der Waals surface area contributed by atoms with Crippen LogP contribution < -0.4 is 5.32 Å². The molecule has 3 rings (SSSR count). The summed E-state index contributed by atoms with van der Waals surface area (Å²) in [5, 5.41) is 16.0. The number of carbonyl (C=O) groups is 1. The first-order valence-electron chi connectivity index (χ1n) is 7.62. The second-order valence-corrected chi connectivity index (χ2v) is 6.14. The summed E-state index contributed by atoms with van der Waals surface area (Å²) in [6, 6.07) is 7.20. The minimum atomic E-state index is 0.0312. The fraction of sp³-hybridized carbons (Fsp3) is 0.467. The molecule has 0 saturated carbocycles. The third-order valence-corrected chi connectivity index (χ3v) is 4.22. The maximum atomic E-state index is 12.3. The molecule has 0 bridgehead atoms. The molecule has 1 aromatic heterocycles. The molecule has 8 heteroatoms. The molecule has 0 aliphatic carbocycles. The lowest BCUT2D eigenvalue weighted by molar-refractivity contribution is -0.131. The molecule has 1 saturated heterocycles. The first kappa shape index (κ1) is 15.9. The van der Waals surface area contributed by atoms with Gasteiger partial charge in [-0.05, 0) is 55.4 Å². The van der Waals surface area contributed by atoms with Crippen LogP contribution in [0.15, 0.2) is 24.3 Å². The minimum Gasteiger partial charge on any atom is -0.341 e. The zero-order valence-electron chi connectivity index (χ0n) is 12.9. The number of benzene rings is 1. The SMILES string of the molecule is CNC[C@H]1CCN(C(=O)Cn2nnc(-c3ccc(Cl)cc3)n2)C1. The molecule has 0 spiro atoms. The van der Waals surface area contributed by atoms with Gasteiger partial charge in [-0.25, -0.2) is 0 Å². The van der Waals surface area contributed by atoms with Crippen molar-refractivity contribution in [1.29, 1.82) is 0 Å². The molecule has 1 fully saturated rings. The lowest BCUT2D eigenvalue weighted by Crippen LogP contribution is -2.33. The summed E-state index contributed by atoms with van der Waals surface area (Å²) in [6.45, 7) is 2.64. The van der Waals surface area contributed by atoms with Gasteiger partial charge >= 0.3 is 0 Å². The summed E-state index contributed by atoms with van der Waals surface area (Å²) >= 11 is 5.86. The van der Waals surface area contributed by atoms with Gasteiger partial charge in [0.25, 0.3) is 0 Å². The molecule has 23 heavy (non-hydrogen) atoms. The molecule has 0 radical (unpaired) electrons. The fourth-order valence-electron chi connectivity index (χ4n) is 2.76. The van der Waals surface area contributed by atoms with Gasteiger partial charge in [-0.3, -0.25) is 4.79 Å². The van der Waals surface area contributed by atoms with E-state index in [1.54, 1.807) is 12.1 Å². The van der Waals surface area contributed by atoms with E-state index in [-0.39, 0.29) is 12.5 Å². The van der Waals surface area contributed by atoms with Crippen molar-refractivity contribution in [3.05, 3.63) is 29.3 Å². The monoisotopic (exact) mass is 334 g/mol. The zero-order valence-corrected chi connectivity index (χ0v) is 13.7. The number of carbonyl (C=O) groups excluding carboxylic acids is 1. The van der Waals surface area contributed by atoms with Crippen LogP contribution in [0.5, 0.6) is 0 Å². The highest BCUT2D eigenvalue weighted by atomic mass is 35.5. The summed E-state index contributed by atoms with van der Waals surface area (Å²) in [7, 11) is 1.93. The fourth-order valence-corrected chi connectivity index (χ4v) is 2.89. The predicted molar refractivity (Wildman–Crippen MR) is 86.9 cm³/mol. The van der Waals surface area contributed by atoms with E-state index in [9.17, 15) is 4.79 Å². The topological polar surface area (TPSA) is 75.9 Å². The van der Waals surface area contributed by atoms with E-state index in [1.165, 1.54) is 4.80 Å². The van der Waals surface area contributed by atoms with E-state index in [2.05, 4.69) is 20.7 Å². The number of amides is 1. The van der Waals surface area contributed by atoms with E-state index >= 15 is 0 Å². The van der Waals surface area contributed by atoms with Crippen molar-refractivity contribution < 1.29 is 4.79 Å². The van der Waals surface area contributed by atoms with E-state index in [4.69, 9.17) is 11.6 Å². The molecule has 1 N–H and O–H groups in total. The second-order valence-electron chi connectivity index (χ2n) is 5.70. The minimum absolute atomic E-state index is 0.0312. The molecule has 1 aromatic carbocycles. The molecule has 1 amide bonds. The van der Waals surface area contributed by atoms with Gasteiger partial charge < -0.3 is 10.2 Å². The Kier molecular flexibility index (Phi) is 4.88. The van der Waals surface area contributed by atoms with Crippen molar-refractivity contribution in [2.24, 2.45) is 5.92 Å². The normalized spacial score (nSPS) is 17.7. The number of nitrogens with zero attached hydrogens (tertiary/aromatic N) is 5. The number of likely N-dealkylation sites (tertiary alicyclic amines) is 1. The van der Waals surface area contributed by atoms with Crippen LogP contribution in [0, 0.1) is 5.92 Å². The summed E-state index contributed by atoms with van der Waals surface area (Å²) in [5.74, 6) is 1.05. The zero-order chi connectivity index (χ0) is 16.2. The van der Waals surface area contributed by atoms with Crippen molar-refractivity contribution in [2.45, 2.75) is 13.0 Å². The number of nitrogens with one attached hydrogen (secondary N) is 1. The molecule has 0 unspecified atom stereocenters. The summed E-state index contributed by atoms with van der Waals surface area (Å²) in [6.07, 6.45) is 1.04. The van der Waals surface area contributed by atoms with Crippen LogP contribution in [0.3, 0.4) is 0 Å². The van der Waals surface area contributed by atoms with Gasteiger partial charge in [0.1, 0.15) is 6.54 Å². The Labute approximate surface area is 139 Å². The van der Waals surface area contributed by atoms with Gasteiger partial charge in [-0.15, -0.1) is 10.2 Å². The summed E-state index contributed by atoms with van der Waals surface area (Å²) in [4.78, 5) is 15.5. The molecule has 1 atom stereocenters. The average molecular weight is 335 g/mol. The van der Waals surface area contributed by atoms with Crippen LogP contribution in [0.25, 0.3) is 11.4 Å². The number of tetrazole rings is 1. The van der Waals surface area contributed by atoms with Crippen LogP contribution in [-0.2, 0) is 11.3 Å². The van der Waals surface area contributed by atoms with Crippen molar-refractivity contribution in [3.8, 4) is 11.4 Å². The lowest BCUT2D eigenvalue weighted by atomic mass is 10.1. The Bertz CT molecular complexity index is 671. The summed E-state index contributed by atoms with van der Waals surface area (Å²) < 4.78 is 0. The van der Waals surface area contributed by atoms with Crippen LogP contribution >= 0.6 is 11.6 Å². The van der Waals surface area contributed by atoms with Gasteiger partial charge in [0.2, 0.25) is 11.7 Å². The Balaban J connectivity index is 1.61. The van der Waals surface area contributed by atoms with E-state index < -0.39 is 0 Å². The van der Waals surface area contributed by atoms with Crippen molar-refractivity contribution in [3.63, 3.8) is 0 Å². The largest absolute Gasteiger partial charge is 0.341 e. The van der Waals surface area contributed by atoms with Crippen molar-refractivity contribution >= 4 is 17.5 Å². The highest BCUT2D eigenvalue weighted by Crippen LogP contribution is 2.18. The Hall–Kier alpha value is -1.99. The predicted octanol–water partition coefficient (Wildman–Crippen LogP) is 1.06. The molecule has 1 aliphatic heterocycles. The molecule has 2 heterocycles. The average Bonchev–Trinajstić information content (AvgIpc) is 3.18. The second kappa shape index (κ2) is 7.06. The number of hydrogen-bond acceptors (Lipinski definition) is 5. The first-order chi connectivity index (χ1) is 11.2. The van der Waals surface area contributed by atoms with E-state index in [0.29, 0.717) is 16.8 Å². The molecule has 7 nitrogen and oxygen atoms in total. The molecule has 1 aliphatic rings. The van der Waals surface area contributed by atoms with Crippen molar-refractivity contribution in [1.82, 2.24) is 30.4 Å². The van der Waals surface area contributed by atoms with Crippen LogP contribution in [0.2, 0.25) is 5.02 Å².